The second-order valence-corrected chi connectivity index (χ2v) is 5.46. The van der Waals surface area contributed by atoms with Crippen molar-refractivity contribution in [2.45, 2.75) is 38.6 Å². The van der Waals surface area contributed by atoms with Crippen molar-refractivity contribution in [1.29, 1.82) is 0 Å². The summed E-state index contributed by atoms with van der Waals surface area (Å²) in [6.07, 6.45) is 6.09. The molecule has 2 rings (SSSR count). The van der Waals surface area contributed by atoms with E-state index in [0.717, 1.165) is 18.4 Å². The predicted molar refractivity (Wildman–Crippen MR) is 60.6 cm³/mol. The first kappa shape index (κ1) is 10.1. The van der Waals surface area contributed by atoms with Crippen LogP contribution in [0.2, 0.25) is 0 Å². The topological polar surface area (TPSA) is 24.9 Å². The number of aromatic nitrogens is 1. The molecule has 14 heavy (non-hydrogen) atoms. The van der Waals surface area contributed by atoms with Crippen molar-refractivity contribution in [3.63, 3.8) is 0 Å². The fraction of sp³-hybridized carbons (Fsp3) is 0.727. The second kappa shape index (κ2) is 4.41. The molecule has 0 amide bonds. The van der Waals surface area contributed by atoms with Crippen LogP contribution in [-0.4, -0.2) is 12.0 Å². The molecule has 3 heteroatoms. The fourth-order valence-corrected chi connectivity index (χ4v) is 3.28. The van der Waals surface area contributed by atoms with Gasteiger partial charge >= 0.3 is 0 Å². The average molecular weight is 210 g/mol. The van der Waals surface area contributed by atoms with Crippen LogP contribution < -0.4 is 5.32 Å². The van der Waals surface area contributed by atoms with Crippen LogP contribution >= 0.6 is 11.3 Å². The van der Waals surface area contributed by atoms with Gasteiger partial charge in [-0.2, -0.15) is 0 Å². The van der Waals surface area contributed by atoms with Gasteiger partial charge in [0.25, 0.3) is 0 Å². The van der Waals surface area contributed by atoms with Crippen molar-refractivity contribution in [1.82, 2.24) is 10.3 Å². The van der Waals surface area contributed by atoms with Crippen LogP contribution in [0.3, 0.4) is 0 Å². The fourth-order valence-electron chi connectivity index (χ4n) is 2.20. The number of rotatable bonds is 3. The monoisotopic (exact) mass is 210 g/mol. The van der Waals surface area contributed by atoms with Gasteiger partial charge in [0.2, 0.25) is 0 Å². The molecule has 0 aliphatic heterocycles. The van der Waals surface area contributed by atoms with E-state index in [0.29, 0.717) is 0 Å². The molecule has 0 aromatic carbocycles. The van der Waals surface area contributed by atoms with Crippen LogP contribution in [0.5, 0.6) is 0 Å². The molecule has 78 valence electrons. The highest BCUT2D eigenvalue weighted by atomic mass is 32.1. The first-order valence-corrected chi connectivity index (χ1v) is 6.20. The minimum atomic E-state index is 0.751. The summed E-state index contributed by atoms with van der Waals surface area (Å²) in [6.45, 7) is 3.31. The molecular weight excluding hydrogens is 192 g/mol. The summed E-state index contributed by atoms with van der Waals surface area (Å²) in [4.78, 5) is 5.89. The van der Waals surface area contributed by atoms with Crippen LogP contribution in [0.15, 0.2) is 6.20 Å². The first-order chi connectivity index (χ1) is 6.79. The lowest BCUT2D eigenvalue weighted by atomic mass is 10.1. The molecular formula is C11H18N2S. The predicted octanol–water partition coefficient (Wildman–Crippen LogP) is 2.77. The molecule has 1 saturated carbocycles. The molecule has 0 bridgehead atoms. The summed E-state index contributed by atoms with van der Waals surface area (Å²) < 4.78 is 0. The summed E-state index contributed by atoms with van der Waals surface area (Å²) in [5, 5.41) is 4.53. The van der Waals surface area contributed by atoms with E-state index >= 15 is 0 Å². The Morgan fingerprint density at radius 1 is 1.57 bits per heavy atom. The largest absolute Gasteiger partial charge is 0.315 e. The Labute approximate surface area is 89.8 Å². The van der Waals surface area contributed by atoms with Gasteiger partial charge in [0.15, 0.2) is 0 Å². The Morgan fingerprint density at radius 2 is 2.43 bits per heavy atom. The van der Waals surface area contributed by atoms with Gasteiger partial charge in [0.1, 0.15) is 0 Å². The van der Waals surface area contributed by atoms with Crippen LogP contribution in [0.25, 0.3) is 0 Å². The van der Waals surface area contributed by atoms with Gasteiger partial charge in [-0.25, -0.2) is 4.98 Å². The maximum absolute atomic E-state index is 4.53. The molecule has 2 atom stereocenters. The maximum atomic E-state index is 4.53. The van der Waals surface area contributed by atoms with E-state index in [2.05, 4.69) is 17.2 Å². The molecule has 1 aliphatic carbocycles. The molecule has 1 aromatic heterocycles. The summed E-state index contributed by atoms with van der Waals surface area (Å²) in [7, 11) is 1.98. The Hall–Kier alpha value is -0.410. The maximum Gasteiger partial charge on any atom is 0.0959 e. The molecule has 1 N–H and O–H groups in total. The van der Waals surface area contributed by atoms with Crippen LogP contribution in [-0.2, 0) is 6.54 Å². The molecule has 0 radical (unpaired) electrons. The SMILES string of the molecule is CNCc1cnc(C2CCC(C)C2)s1. The summed E-state index contributed by atoms with van der Waals surface area (Å²) in [5.74, 6) is 1.65. The Bertz CT molecular complexity index is 295. The van der Waals surface area contributed by atoms with Crippen LogP contribution in [0.4, 0.5) is 0 Å². The van der Waals surface area contributed by atoms with Crippen LogP contribution in [0.1, 0.15) is 42.0 Å². The van der Waals surface area contributed by atoms with Crippen LogP contribution in [0, 0.1) is 5.92 Å². The lowest BCUT2D eigenvalue weighted by molar-refractivity contribution is 0.595. The van der Waals surface area contributed by atoms with Crippen molar-refractivity contribution >= 4 is 11.3 Å². The van der Waals surface area contributed by atoms with Gasteiger partial charge in [0, 0.05) is 23.5 Å². The zero-order valence-electron chi connectivity index (χ0n) is 8.92. The molecule has 1 fully saturated rings. The Morgan fingerprint density at radius 3 is 3.07 bits per heavy atom. The quantitative estimate of drug-likeness (QED) is 0.830. The van der Waals surface area contributed by atoms with Crippen molar-refractivity contribution in [3.05, 3.63) is 16.1 Å². The minimum Gasteiger partial charge on any atom is -0.315 e. The van der Waals surface area contributed by atoms with E-state index < -0.39 is 0 Å². The van der Waals surface area contributed by atoms with Crippen molar-refractivity contribution in [2.75, 3.05) is 7.05 Å². The molecule has 0 spiro atoms. The highest BCUT2D eigenvalue weighted by Crippen LogP contribution is 2.39. The lowest BCUT2D eigenvalue weighted by Crippen LogP contribution is -2.02. The molecule has 0 saturated heterocycles. The second-order valence-electron chi connectivity index (χ2n) is 4.31. The Balaban J connectivity index is 2.02. The molecule has 1 aliphatic rings. The number of nitrogens with zero attached hydrogens (tertiary/aromatic N) is 1. The van der Waals surface area contributed by atoms with Gasteiger partial charge in [0.05, 0.1) is 5.01 Å². The normalized spacial score (nSPS) is 27.0. The third kappa shape index (κ3) is 2.15. The van der Waals surface area contributed by atoms with Gasteiger partial charge in [-0.1, -0.05) is 13.3 Å². The standard InChI is InChI=1S/C11H18N2S/c1-8-3-4-9(5-8)11-13-7-10(14-11)6-12-2/h7-9,12H,3-6H2,1-2H3. The van der Waals surface area contributed by atoms with Crippen molar-refractivity contribution < 1.29 is 0 Å². The number of nitrogens with one attached hydrogen (secondary N) is 1. The summed E-state index contributed by atoms with van der Waals surface area (Å²) >= 11 is 1.88. The van der Waals surface area contributed by atoms with E-state index in [1.165, 1.54) is 29.1 Å². The molecule has 1 heterocycles. The zero-order valence-corrected chi connectivity index (χ0v) is 9.73. The average Bonchev–Trinajstić information content (AvgIpc) is 2.74. The first-order valence-electron chi connectivity index (χ1n) is 5.38. The highest BCUT2D eigenvalue weighted by molar-refractivity contribution is 7.11. The summed E-state index contributed by atoms with van der Waals surface area (Å²) in [5.41, 5.74) is 0. The lowest BCUT2D eigenvalue weighted by Gasteiger charge is -2.03. The molecule has 2 unspecified atom stereocenters. The van der Waals surface area contributed by atoms with E-state index in [9.17, 15) is 0 Å². The third-order valence-corrected chi connectivity index (χ3v) is 4.13. The van der Waals surface area contributed by atoms with Gasteiger partial charge in [-0.15, -0.1) is 11.3 Å². The zero-order chi connectivity index (χ0) is 9.97. The number of hydrogen-bond donors (Lipinski definition) is 1. The highest BCUT2D eigenvalue weighted by Gasteiger charge is 2.24. The number of thiazole rings is 1. The third-order valence-electron chi connectivity index (χ3n) is 2.97. The molecule has 1 aromatic rings. The van der Waals surface area contributed by atoms with E-state index in [4.69, 9.17) is 0 Å². The van der Waals surface area contributed by atoms with E-state index in [-0.39, 0.29) is 0 Å². The number of hydrogen-bond acceptors (Lipinski definition) is 3. The van der Waals surface area contributed by atoms with Gasteiger partial charge < -0.3 is 5.32 Å². The van der Waals surface area contributed by atoms with Crippen molar-refractivity contribution in [3.8, 4) is 0 Å². The van der Waals surface area contributed by atoms with E-state index in [1.807, 2.05) is 24.6 Å². The minimum absolute atomic E-state index is 0.751. The van der Waals surface area contributed by atoms with Crippen molar-refractivity contribution in [2.24, 2.45) is 5.92 Å². The molecule has 2 nitrogen and oxygen atoms in total. The van der Waals surface area contributed by atoms with E-state index in [1.54, 1.807) is 0 Å². The Kier molecular flexibility index (Phi) is 3.19. The summed E-state index contributed by atoms with van der Waals surface area (Å²) in [6, 6.07) is 0. The smallest absolute Gasteiger partial charge is 0.0959 e. The van der Waals surface area contributed by atoms with Gasteiger partial charge in [-0.05, 0) is 25.8 Å². The van der Waals surface area contributed by atoms with Gasteiger partial charge in [-0.3, -0.25) is 0 Å².